The van der Waals surface area contributed by atoms with E-state index in [0.29, 0.717) is 23.0 Å². The summed E-state index contributed by atoms with van der Waals surface area (Å²) in [5.74, 6) is -1.15. The van der Waals surface area contributed by atoms with Crippen LogP contribution in [0.5, 0.6) is 0 Å². The van der Waals surface area contributed by atoms with E-state index in [1.807, 2.05) is 0 Å². The van der Waals surface area contributed by atoms with Gasteiger partial charge in [-0.1, -0.05) is 0 Å². The highest BCUT2D eigenvalue weighted by molar-refractivity contribution is 7.87. The van der Waals surface area contributed by atoms with Gasteiger partial charge in [0.2, 0.25) is 5.69 Å². The zero-order valence-electron chi connectivity index (χ0n) is 19.7. The van der Waals surface area contributed by atoms with Crippen LogP contribution in [0.3, 0.4) is 0 Å². The maximum Gasteiger partial charge on any atom is 0.295 e. The van der Waals surface area contributed by atoms with Gasteiger partial charge < -0.3 is 0 Å². The van der Waals surface area contributed by atoms with Crippen molar-refractivity contribution in [3.8, 4) is 0 Å². The second-order valence-electron chi connectivity index (χ2n) is 9.02. The Balaban J connectivity index is 2.35. The van der Waals surface area contributed by atoms with E-state index < -0.39 is 67.2 Å². The molecule has 0 aromatic heterocycles. The maximum atomic E-state index is 12.1. The highest BCUT2D eigenvalue weighted by atomic mass is 32.2. The fourth-order valence-corrected chi connectivity index (χ4v) is 7.14. The molecule has 0 fully saturated rings. The molecule has 1 aliphatic rings. The van der Waals surface area contributed by atoms with E-state index in [0.717, 1.165) is 6.07 Å². The van der Waals surface area contributed by atoms with Crippen molar-refractivity contribution in [2.24, 2.45) is 0 Å². The van der Waals surface area contributed by atoms with Gasteiger partial charge in [-0.25, -0.2) is 0 Å². The number of nitrogens with zero attached hydrogens (tertiary/aromatic N) is 1. The van der Waals surface area contributed by atoms with Gasteiger partial charge in [-0.2, -0.15) is 38.2 Å². The molecule has 2 aromatic carbocycles. The van der Waals surface area contributed by atoms with Crippen LogP contribution in [0.1, 0.15) is 38.7 Å². The Kier molecular flexibility index (Phi) is 7.70. The van der Waals surface area contributed by atoms with Gasteiger partial charge in [0.05, 0.1) is 21.8 Å². The van der Waals surface area contributed by atoms with Gasteiger partial charge in [-0.3, -0.25) is 18.2 Å². The first-order valence-corrected chi connectivity index (χ1v) is 16.8. The molecule has 1 unspecified atom stereocenters. The number of fused-ring (bicyclic) bond motifs is 3. The van der Waals surface area contributed by atoms with Gasteiger partial charge in [0.15, 0.2) is 5.71 Å². The van der Waals surface area contributed by atoms with E-state index in [1.54, 1.807) is 18.4 Å². The van der Waals surface area contributed by atoms with Gasteiger partial charge >= 0.3 is 0 Å². The Labute approximate surface area is 214 Å². The lowest BCUT2D eigenvalue weighted by molar-refractivity contribution is -0.438. The average Bonchev–Trinajstić information content (AvgIpc) is 2.91. The van der Waals surface area contributed by atoms with Gasteiger partial charge in [0.25, 0.3) is 40.5 Å². The second-order valence-corrected chi connectivity index (χ2v) is 15.0. The molecule has 2 aromatic rings. The van der Waals surface area contributed by atoms with Crippen LogP contribution < -0.4 is 0 Å². The van der Waals surface area contributed by atoms with Crippen LogP contribution in [0.2, 0.25) is 0 Å². The van der Waals surface area contributed by atoms with Crippen molar-refractivity contribution in [3.63, 3.8) is 0 Å². The number of hydrogen-bond acceptors (Lipinski definition) is 8. The third kappa shape index (κ3) is 6.36. The first kappa shape index (κ1) is 29.6. The Morgan fingerprint density at radius 3 is 1.86 bits per heavy atom. The molecule has 13 nitrogen and oxygen atoms in total. The minimum absolute atomic E-state index is 0.0178. The van der Waals surface area contributed by atoms with Crippen molar-refractivity contribution in [3.05, 3.63) is 29.8 Å². The van der Waals surface area contributed by atoms with Crippen molar-refractivity contribution in [2.45, 2.75) is 48.3 Å². The normalized spacial score (nSPS) is 19.0. The molecule has 3 rings (SSSR count). The van der Waals surface area contributed by atoms with Crippen molar-refractivity contribution in [1.29, 1.82) is 0 Å². The van der Waals surface area contributed by atoms with E-state index in [4.69, 9.17) is 4.55 Å². The van der Waals surface area contributed by atoms with Crippen molar-refractivity contribution >= 4 is 62.6 Å². The van der Waals surface area contributed by atoms with Crippen LogP contribution in [-0.4, -0.2) is 80.2 Å². The molecule has 37 heavy (non-hydrogen) atoms. The lowest BCUT2D eigenvalue weighted by atomic mass is 9.74. The fourth-order valence-electron chi connectivity index (χ4n) is 4.80. The summed E-state index contributed by atoms with van der Waals surface area (Å²) in [7, 11) is -18.5. The molecular formula is C20H26NO12S4+. The van der Waals surface area contributed by atoms with Crippen LogP contribution >= 0.6 is 0 Å². The van der Waals surface area contributed by atoms with Crippen LogP contribution in [0.25, 0.3) is 10.8 Å². The summed E-state index contributed by atoms with van der Waals surface area (Å²) < 4.78 is 133. The molecule has 0 spiro atoms. The summed E-state index contributed by atoms with van der Waals surface area (Å²) in [6.07, 6.45) is 0.0113. The summed E-state index contributed by atoms with van der Waals surface area (Å²) >= 11 is 0. The Morgan fingerprint density at radius 2 is 1.35 bits per heavy atom. The van der Waals surface area contributed by atoms with E-state index in [2.05, 4.69) is 0 Å². The van der Waals surface area contributed by atoms with Gasteiger partial charge in [-0.05, 0) is 43.4 Å². The van der Waals surface area contributed by atoms with Crippen LogP contribution in [0.4, 0.5) is 5.69 Å². The molecule has 1 aliphatic heterocycles. The smallest absolute Gasteiger partial charge is 0.286 e. The van der Waals surface area contributed by atoms with E-state index in [-0.39, 0.29) is 36.6 Å². The molecule has 0 radical (unpaired) electrons. The summed E-state index contributed by atoms with van der Waals surface area (Å²) in [4.78, 5) is -1.58. The van der Waals surface area contributed by atoms with Crippen LogP contribution in [-0.2, 0) is 45.9 Å². The topological polar surface area (TPSA) is 220 Å². The fraction of sp³-hybridized carbons (Fsp3) is 0.450. The first-order valence-electron chi connectivity index (χ1n) is 10.7. The molecule has 4 N–H and O–H groups in total. The largest absolute Gasteiger partial charge is 0.295 e. The van der Waals surface area contributed by atoms with E-state index in [1.165, 1.54) is 12.1 Å². The third-order valence-corrected chi connectivity index (χ3v) is 9.87. The molecule has 0 amide bonds. The summed E-state index contributed by atoms with van der Waals surface area (Å²) in [5.41, 5.74) is 0.265. The van der Waals surface area contributed by atoms with Crippen molar-refractivity contribution in [2.75, 3.05) is 18.1 Å². The third-order valence-electron chi connectivity index (χ3n) is 6.53. The summed E-state index contributed by atoms with van der Waals surface area (Å²) in [6, 6.07) is 4.46. The molecule has 1 heterocycles. The van der Waals surface area contributed by atoms with E-state index >= 15 is 0 Å². The van der Waals surface area contributed by atoms with Gasteiger partial charge in [0, 0.05) is 30.4 Å². The predicted octanol–water partition coefficient (Wildman–Crippen LogP) is 1.66. The Morgan fingerprint density at radius 1 is 0.784 bits per heavy atom. The Hall–Kier alpha value is -1.99. The van der Waals surface area contributed by atoms with Crippen LogP contribution in [0, 0.1) is 0 Å². The monoisotopic (exact) mass is 600 g/mol. The second kappa shape index (κ2) is 9.64. The van der Waals surface area contributed by atoms with Gasteiger partial charge in [-0.15, -0.1) is 0 Å². The summed E-state index contributed by atoms with van der Waals surface area (Å²) in [6.45, 7) is 3.42. The molecule has 17 heteroatoms. The standard InChI is InChI=1S/C20H25NO12S4/c1-13-20(2,7-3-9-34(22,23)24)19-16-11-14(36(28,29)30)12-18(37(31,32)33)15(16)5-6-17(19)21(13)8-4-10-35(25,26)27/h5-6,11-12H,3-4,7-10H2,1-2H3,(H3-,22,23,24,25,26,27,28,29,30,31,32,33)/p+1. The summed E-state index contributed by atoms with van der Waals surface area (Å²) in [5, 5.41) is -0.0338. The van der Waals surface area contributed by atoms with Gasteiger partial charge in [0.1, 0.15) is 11.4 Å². The lowest BCUT2D eigenvalue weighted by Crippen LogP contribution is -2.31. The average molecular weight is 601 g/mol. The minimum atomic E-state index is -4.96. The lowest BCUT2D eigenvalue weighted by Gasteiger charge is -2.24. The molecule has 0 saturated carbocycles. The SMILES string of the molecule is CC1=[N+](CCCS(=O)(=O)O)c2ccc3c(S(=O)(=O)O)cc(S(=O)(=O)O)cc3c2C1(C)CCCS(=O)(=O)O. The van der Waals surface area contributed by atoms with Crippen molar-refractivity contribution < 1.29 is 56.5 Å². The minimum Gasteiger partial charge on any atom is -0.286 e. The molecular weight excluding hydrogens is 574 g/mol. The zero-order valence-corrected chi connectivity index (χ0v) is 23.0. The maximum absolute atomic E-state index is 12.1. The van der Waals surface area contributed by atoms with E-state index in [9.17, 15) is 47.3 Å². The number of rotatable bonds is 10. The Bertz CT molecular complexity index is 1740. The molecule has 1 atom stereocenters. The highest BCUT2D eigenvalue weighted by Gasteiger charge is 2.47. The van der Waals surface area contributed by atoms with Crippen LogP contribution in [0.15, 0.2) is 34.1 Å². The molecule has 0 aliphatic carbocycles. The molecule has 0 saturated heterocycles. The zero-order chi connectivity index (χ0) is 28.2. The molecule has 0 bridgehead atoms. The number of benzene rings is 2. The highest BCUT2D eigenvalue weighted by Crippen LogP contribution is 2.48. The number of hydrogen-bond donors (Lipinski definition) is 4. The quantitative estimate of drug-likeness (QED) is 0.226. The molecule has 206 valence electrons. The first-order chi connectivity index (χ1) is 16.7. The predicted molar refractivity (Wildman–Crippen MR) is 133 cm³/mol. The van der Waals surface area contributed by atoms with Crippen molar-refractivity contribution in [1.82, 2.24) is 0 Å².